The van der Waals surface area contributed by atoms with E-state index in [1.807, 2.05) is 41.8 Å². The van der Waals surface area contributed by atoms with Crippen molar-refractivity contribution in [1.82, 2.24) is 10.2 Å². The Kier molecular flexibility index (Phi) is 4.89. The summed E-state index contributed by atoms with van der Waals surface area (Å²) in [4.78, 5) is 0.786. The maximum Gasteiger partial charge on any atom is 0.416 e. The number of aromatic nitrogens is 2. The maximum atomic E-state index is 13.4. The fourth-order valence-corrected chi connectivity index (χ4v) is 4.46. The molecule has 0 unspecified atom stereocenters. The zero-order chi connectivity index (χ0) is 23.4. The molecule has 0 saturated heterocycles. The average Bonchev–Trinajstić information content (AvgIpc) is 3.30. The van der Waals surface area contributed by atoms with Crippen LogP contribution in [0.25, 0.3) is 43.4 Å². The third-order valence-corrected chi connectivity index (χ3v) is 6.14. The van der Waals surface area contributed by atoms with Crippen molar-refractivity contribution in [1.29, 1.82) is 0 Å². The summed E-state index contributed by atoms with van der Waals surface area (Å²) < 4.78 is 80.5. The normalized spacial score (nSPS) is 12.5. The van der Waals surface area contributed by atoms with Crippen LogP contribution in [0.2, 0.25) is 0 Å². The van der Waals surface area contributed by atoms with Crippen LogP contribution in [0.5, 0.6) is 0 Å². The Labute approximate surface area is 187 Å². The predicted octanol–water partition coefficient (Wildman–Crippen LogP) is 8.22. The summed E-state index contributed by atoms with van der Waals surface area (Å²) in [6.07, 6.45) is -9.91. The summed E-state index contributed by atoms with van der Waals surface area (Å²) >= 11 is 1.41. The molecule has 0 saturated carbocycles. The van der Waals surface area contributed by atoms with Crippen molar-refractivity contribution in [3.05, 3.63) is 83.2 Å². The highest BCUT2D eigenvalue weighted by Crippen LogP contribution is 2.41. The second kappa shape index (κ2) is 7.55. The molecular formula is C24H12F6N2S. The molecule has 0 aliphatic carbocycles. The predicted molar refractivity (Wildman–Crippen MR) is 116 cm³/mol. The minimum Gasteiger partial charge on any atom is -0.166 e. The SMILES string of the molecule is FC(F)(F)c1cc(-c2nnc(-c3cccs3)c3cc4ccccc4cc23)cc(C(F)(F)F)c1. The van der Waals surface area contributed by atoms with Crippen LogP contribution in [0.3, 0.4) is 0 Å². The highest BCUT2D eigenvalue weighted by atomic mass is 32.1. The van der Waals surface area contributed by atoms with Gasteiger partial charge in [0.1, 0.15) is 11.4 Å². The molecule has 2 heterocycles. The van der Waals surface area contributed by atoms with E-state index in [4.69, 9.17) is 0 Å². The second-order valence-electron chi connectivity index (χ2n) is 7.41. The van der Waals surface area contributed by atoms with Crippen molar-refractivity contribution in [2.75, 3.05) is 0 Å². The number of rotatable bonds is 2. The summed E-state index contributed by atoms with van der Waals surface area (Å²) in [6.45, 7) is 0. The molecule has 0 spiro atoms. The van der Waals surface area contributed by atoms with Crippen LogP contribution >= 0.6 is 11.3 Å². The van der Waals surface area contributed by atoms with Gasteiger partial charge in [-0.15, -0.1) is 21.5 Å². The molecule has 0 fully saturated rings. The Balaban J connectivity index is 1.86. The van der Waals surface area contributed by atoms with E-state index < -0.39 is 23.5 Å². The van der Waals surface area contributed by atoms with Crippen molar-refractivity contribution >= 4 is 32.9 Å². The number of nitrogens with zero attached hydrogens (tertiary/aromatic N) is 2. The van der Waals surface area contributed by atoms with Crippen LogP contribution in [-0.4, -0.2) is 10.2 Å². The molecule has 0 atom stereocenters. The van der Waals surface area contributed by atoms with Gasteiger partial charge in [0, 0.05) is 16.3 Å². The van der Waals surface area contributed by atoms with E-state index in [1.54, 1.807) is 12.1 Å². The van der Waals surface area contributed by atoms with Crippen LogP contribution in [0.4, 0.5) is 26.3 Å². The maximum absolute atomic E-state index is 13.4. The molecule has 0 radical (unpaired) electrons. The van der Waals surface area contributed by atoms with Crippen LogP contribution in [0.1, 0.15) is 11.1 Å². The molecule has 5 aromatic rings. The van der Waals surface area contributed by atoms with E-state index in [-0.39, 0.29) is 17.3 Å². The third kappa shape index (κ3) is 3.93. The number of fused-ring (bicyclic) bond motifs is 2. The first-order chi connectivity index (χ1) is 15.6. The van der Waals surface area contributed by atoms with Gasteiger partial charge in [0.05, 0.1) is 16.0 Å². The average molecular weight is 474 g/mol. The Bertz CT molecular complexity index is 1460. The number of halogens is 6. The first kappa shape index (κ1) is 21.4. The lowest BCUT2D eigenvalue weighted by atomic mass is 9.96. The fourth-order valence-electron chi connectivity index (χ4n) is 3.74. The number of benzene rings is 3. The molecule has 2 nitrogen and oxygen atoms in total. The van der Waals surface area contributed by atoms with Crippen molar-refractivity contribution in [3.63, 3.8) is 0 Å². The van der Waals surface area contributed by atoms with Crippen LogP contribution in [0, 0.1) is 0 Å². The molecule has 0 N–H and O–H groups in total. The van der Waals surface area contributed by atoms with Gasteiger partial charge < -0.3 is 0 Å². The van der Waals surface area contributed by atoms with Crippen LogP contribution in [0.15, 0.2) is 72.1 Å². The molecule has 0 aliphatic heterocycles. The zero-order valence-electron chi connectivity index (χ0n) is 16.5. The van der Waals surface area contributed by atoms with Gasteiger partial charge in [0.2, 0.25) is 0 Å². The largest absolute Gasteiger partial charge is 0.416 e. The van der Waals surface area contributed by atoms with Crippen LogP contribution in [-0.2, 0) is 12.4 Å². The van der Waals surface area contributed by atoms with Gasteiger partial charge >= 0.3 is 12.4 Å². The number of hydrogen-bond acceptors (Lipinski definition) is 3. The Hall–Kier alpha value is -3.46. The summed E-state index contributed by atoms with van der Waals surface area (Å²) in [6, 6.07) is 16.0. The van der Waals surface area contributed by atoms with Crippen molar-refractivity contribution in [3.8, 4) is 21.8 Å². The van der Waals surface area contributed by atoms with E-state index in [1.165, 1.54) is 11.3 Å². The van der Waals surface area contributed by atoms with Gasteiger partial charge in [-0.25, -0.2) is 0 Å². The molecular weight excluding hydrogens is 462 g/mol. The first-order valence-electron chi connectivity index (χ1n) is 9.64. The topological polar surface area (TPSA) is 25.8 Å². The standard InChI is InChI=1S/C24H12F6N2S/c25-23(26,27)16-8-15(9-17(12-16)24(28,29)30)21-18-10-13-4-1-2-5-14(13)11-19(18)22(32-31-21)20-6-3-7-33-20/h1-12H. The molecule has 0 bridgehead atoms. The third-order valence-electron chi connectivity index (χ3n) is 5.26. The van der Waals surface area contributed by atoms with Crippen LogP contribution < -0.4 is 0 Å². The summed E-state index contributed by atoms with van der Waals surface area (Å²) in [7, 11) is 0. The molecule has 5 rings (SSSR count). The van der Waals surface area contributed by atoms with Crippen molar-refractivity contribution in [2.24, 2.45) is 0 Å². The summed E-state index contributed by atoms with van der Waals surface area (Å²) in [5.41, 5.74) is -2.64. The highest BCUT2D eigenvalue weighted by molar-refractivity contribution is 7.13. The quantitative estimate of drug-likeness (QED) is 0.190. The molecule has 0 amide bonds. The molecule has 0 aliphatic rings. The monoisotopic (exact) mass is 474 g/mol. The van der Waals surface area contributed by atoms with Gasteiger partial charge in [-0.05, 0) is 52.6 Å². The van der Waals surface area contributed by atoms with E-state index in [2.05, 4.69) is 10.2 Å². The van der Waals surface area contributed by atoms with E-state index in [0.29, 0.717) is 28.6 Å². The van der Waals surface area contributed by atoms with E-state index >= 15 is 0 Å². The number of thiophene rings is 1. The lowest BCUT2D eigenvalue weighted by molar-refractivity contribution is -0.143. The van der Waals surface area contributed by atoms with Gasteiger partial charge in [-0.1, -0.05) is 30.3 Å². The minimum absolute atomic E-state index is 0.0485. The summed E-state index contributed by atoms with van der Waals surface area (Å²) in [5.74, 6) is 0. The van der Waals surface area contributed by atoms with E-state index in [9.17, 15) is 26.3 Å². The van der Waals surface area contributed by atoms with Crippen molar-refractivity contribution < 1.29 is 26.3 Å². The second-order valence-corrected chi connectivity index (χ2v) is 8.36. The Morgan fingerprint density at radius 3 is 1.67 bits per heavy atom. The Morgan fingerprint density at radius 1 is 0.606 bits per heavy atom. The lowest BCUT2D eigenvalue weighted by Gasteiger charge is -2.15. The lowest BCUT2D eigenvalue weighted by Crippen LogP contribution is -2.11. The minimum atomic E-state index is -4.96. The van der Waals surface area contributed by atoms with E-state index in [0.717, 1.165) is 15.6 Å². The first-order valence-corrected chi connectivity index (χ1v) is 10.5. The Morgan fingerprint density at radius 2 is 1.15 bits per heavy atom. The van der Waals surface area contributed by atoms with Gasteiger partial charge in [0.25, 0.3) is 0 Å². The smallest absolute Gasteiger partial charge is 0.166 e. The highest BCUT2D eigenvalue weighted by Gasteiger charge is 2.37. The van der Waals surface area contributed by atoms with Gasteiger partial charge in [0.15, 0.2) is 0 Å². The number of alkyl halides is 6. The molecule has 166 valence electrons. The molecule has 2 aromatic heterocycles. The fraction of sp³-hybridized carbons (Fsp3) is 0.0833. The molecule has 9 heteroatoms. The summed E-state index contributed by atoms with van der Waals surface area (Å²) in [5, 5.41) is 12.8. The molecule has 33 heavy (non-hydrogen) atoms. The van der Waals surface area contributed by atoms with Gasteiger partial charge in [-0.3, -0.25) is 0 Å². The van der Waals surface area contributed by atoms with Crippen molar-refractivity contribution in [2.45, 2.75) is 12.4 Å². The molecule has 3 aromatic carbocycles. The van der Waals surface area contributed by atoms with Gasteiger partial charge in [-0.2, -0.15) is 26.3 Å². The number of hydrogen-bond donors (Lipinski definition) is 0. The zero-order valence-corrected chi connectivity index (χ0v) is 17.3.